The first-order chi connectivity index (χ1) is 5.34. The van der Waals surface area contributed by atoms with Gasteiger partial charge in [0.1, 0.15) is 0 Å². The summed E-state index contributed by atoms with van der Waals surface area (Å²) in [4.78, 5) is 2.32. The van der Waals surface area contributed by atoms with E-state index in [4.69, 9.17) is 9.47 Å². The lowest BCUT2D eigenvalue weighted by molar-refractivity contribution is -0.0262. The molecule has 2 rings (SSSR count). The third-order valence-corrected chi connectivity index (χ3v) is 2.27. The third kappa shape index (κ3) is 2.15. The van der Waals surface area contributed by atoms with Crippen LogP contribution in [-0.2, 0) is 9.47 Å². The first-order valence-electron chi connectivity index (χ1n) is 4.26. The van der Waals surface area contributed by atoms with Gasteiger partial charge in [-0.05, 0) is 7.05 Å². The average molecular weight is 157 g/mol. The lowest BCUT2D eigenvalue weighted by atomic mass is 10.2. The summed E-state index contributed by atoms with van der Waals surface area (Å²) >= 11 is 0. The summed E-state index contributed by atoms with van der Waals surface area (Å²) in [6, 6.07) is 0. The molecular weight excluding hydrogens is 142 g/mol. The highest BCUT2D eigenvalue weighted by atomic mass is 16.6. The minimum Gasteiger partial charge on any atom is -0.375 e. The van der Waals surface area contributed by atoms with Gasteiger partial charge in [-0.3, -0.25) is 0 Å². The predicted octanol–water partition coefficient (Wildman–Crippen LogP) is 0.106. The lowest BCUT2D eigenvalue weighted by Gasteiger charge is -2.29. The zero-order chi connectivity index (χ0) is 7.68. The van der Waals surface area contributed by atoms with Crippen molar-refractivity contribution in [2.45, 2.75) is 18.6 Å². The van der Waals surface area contributed by atoms with Crippen LogP contribution in [0.3, 0.4) is 0 Å². The van der Waals surface area contributed by atoms with Gasteiger partial charge in [0.15, 0.2) is 0 Å². The topological polar surface area (TPSA) is 25.0 Å². The fourth-order valence-corrected chi connectivity index (χ4v) is 1.51. The minimum atomic E-state index is 0.418. The fraction of sp³-hybridized carbons (Fsp3) is 1.00. The van der Waals surface area contributed by atoms with E-state index in [1.807, 2.05) is 0 Å². The van der Waals surface area contributed by atoms with Crippen molar-refractivity contribution in [3.05, 3.63) is 0 Å². The second-order valence-corrected chi connectivity index (χ2v) is 3.45. The van der Waals surface area contributed by atoms with Crippen LogP contribution in [-0.4, -0.2) is 50.5 Å². The maximum absolute atomic E-state index is 5.58. The van der Waals surface area contributed by atoms with Gasteiger partial charge in [-0.1, -0.05) is 0 Å². The molecule has 0 amide bonds. The molecule has 0 aromatic heterocycles. The highest BCUT2D eigenvalue weighted by Crippen LogP contribution is 2.19. The van der Waals surface area contributed by atoms with E-state index >= 15 is 0 Å². The Labute approximate surface area is 67.3 Å². The Kier molecular flexibility index (Phi) is 2.11. The van der Waals surface area contributed by atoms with Gasteiger partial charge in [0, 0.05) is 19.5 Å². The zero-order valence-corrected chi connectivity index (χ0v) is 6.95. The number of epoxide rings is 1. The van der Waals surface area contributed by atoms with Crippen LogP contribution in [0.5, 0.6) is 0 Å². The van der Waals surface area contributed by atoms with Crippen LogP contribution in [0.2, 0.25) is 0 Å². The smallest absolute Gasteiger partial charge is 0.0835 e. The van der Waals surface area contributed by atoms with Crippen molar-refractivity contribution in [3.63, 3.8) is 0 Å². The Morgan fingerprint density at radius 1 is 1.36 bits per heavy atom. The summed E-state index contributed by atoms with van der Waals surface area (Å²) in [5, 5.41) is 0. The van der Waals surface area contributed by atoms with Gasteiger partial charge in [-0.15, -0.1) is 0 Å². The van der Waals surface area contributed by atoms with Crippen molar-refractivity contribution in [1.29, 1.82) is 0 Å². The van der Waals surface area contributed by atoms with E-state index in [1.54, 1.807) is 0 Å². The van der Waals surface area contributed by atoms with E-state index in [0.29, 0.717) is 12.2 Å². The Balaban J connectivity index is 1.73. The van der Waals surface area contributed by atoms with E-state index in [1.165, 1.54) is 0 Å². The fourth-order valence-electron chi connectivity index (χ4n) is 1.51. The molecule has 64 valence electrons. The second-order valence-electron chi connectivity index (χ2n) is 3.45. The molecule has 2 atom stereocenters. The molecule has 2 saturated heterocycles. The summed E-state index contributed by atoms with van der Waals surface area (Å²) < 4.78 is 10.7. The highest BCUT2D eigenvalue weighted by molar-refractivity contribution is 4.78. The van der Waals surface area contributed by atoms with Crippen molar-refractivity contribution in [2.24, 2.45) is 0 Å². The number of hydrogen-bond acceptors (Lipinski definition) is 3. The molecule has 2 aliphatic heterocycles. The number of likely N-dealkylation sites (N-methyl/N-ethyl adjacent to an activating group) is 1. The maximum atomic E-state index is 5.58. The molecule has 3 heteroatoms. The monoisotopic (exact) mass is 157 g/mol. The molecule has 2 heterocycles. The zero-order valence-electron chi connectivity index (χ0n) is 6.95. The number of nitrogens with zero attached hydrogens (tertiary/aromatic N) is 1. The molecule has 11 heavy (non-hydrogen) atoms. The van der Waals surface area contributed by atoms with Crippen LogP contribution in [0.4, 0.5) is 0 Å². The maximum Gasteiger partial charge on any atom is 0.0835 e. The van der Waals surface area contributed by atoms with E-state index in [-0.39, 0.29) is 0 Å². The molecule has 0 spiro atoms. The van der Waals surface area contributed by atoms with Crippen molar-refractivity contribution in [2.75, 3.05) is 33.4 Å². The largest absolute Gasteiger partial charge is 0.375 e. The third-order valence-electron chi connectivity index (χ3n) is 2.27. The Morgan fingerprint density at radius 3 is 2.82 bits per heavy atom. The van der Waals surface area contributed by atoms with Crippen LogP contribution in [0.1, 0.15) is 6.42 Å². The normalized spacial score (nSPS) is 39.0. The number of morpholine rings is 1. The van der Waals surface area contributed by atoms with Crippen LogP contribution in [0, 0.1) is 0 Å². The van der Waals surface area contributed by atoms with Gasteiger partial charge in [-0.2, -0.15) is 0 Å². The molecule has 0 saturated carbocycles. The summed E-state index contributed by atoms with van der Waals surface area (Å²) in [6.07, 6.45) is 2.01. The Bertz CT molecular complexity index is 134. The van der Waals surface area contributed by atoms with Crippen molar-refractivity contribution >= 4 is 0 Å². The van der Waals surface area contributed by atoms with Crippen molar-refractivity contribution in [3.8, 4) is 0 Å². The Hall–Kier alpha value is -0.120. The minimum absolute atomic E-state index is 0.418. The lowest BCUT2D eigenvalue weighted by Crippen LogP contribution is -2.40. The molecule has 0 aromatic rings. The van der Waals surface area contributed by atoms with Gasteiger partial charge in [0.25, 0.3) is 0 Å². The van der Waals surface area contributed by atoms with E-state index in [9.17, 15) is 0 Å². The SMILES string of the molecule is CN1CCOC(CC2CO2)C1. The quantitative estimate of drug-likeness (QED) is 0.532. The van der Waals surface area contributed by atoms with E-state index in [2.05, 4.69) is 11.9 Å². The van der Waals surface area contributed by atoms with Gasteiger partial charge in [-0.25, -0.2) is 0 Å². The van der Waals surface area contributed by atoms with Gasteiger partial charge in [0.2, 0.25) is 0 Å². The second kappa shape index (κ2) is 3.09. The average Bonchev–Trinajstić information content (AvgIpc) is 2.71. The van der Waals surface area contributed by atoms with Gasteiger partial charge < -0.3 is 14.4 Å². The van der Waals surface area contributed by atoms with E-state index < -0.39 is 0 Å². The van der Waals surface area contributed by atoms with Crippen molar-refractivity contribution < 1.29 is 9.47 Å². The molecule has 2 unspecified atom stereocenters. The van der Waals surface area contributed by atoms with Crippen LogP contribution in [0.25, 0.3) is 0 Å². The summed E-state index contributed by atoms with van der Waals surface area (Å²) in [5.74, 6) is 0. The molecule has 2 aliphatic rings. The number of rotatable bonds is 2. The summed E-state index contributed by atoms with van der Waals surface area (Å²) in [6.45, 7) is 3.97. The molecule has 3 nitrogen and oxygen atoms in total. The van der Waals surface area contributed by atoms with Gasteiger partial charge in [0.05, 0.1) is 25.4 Å². The molecule has 0 aromatic carbocycles. The van der Waals surface area contributed by atoms with Crippen LogP contribution >= 0.6 is 0 Å². The highest BCUT2D eigenvalue weighted by Gasteiger charge is 2.29. The first-order valence-corrected chi connectivity index (χ1v) is 4.26. The standard InChI is InChI=1S/C8H15NO2/c1-9-2-3-10-7(5-9)4-8-6-11-8/h7-8H,2-6H2,1H3. The van der Waals surface area contributed by atoms with Crippen molar-refractivity contribution in [1.82, 2.24) is 4.90 Å². The molecule has 0 aliphatic carbocycles. The first kappa shape index (κ1) is 7.53. The number of hydrogen-bond donors (Lipinski definition) is 0. The van der Waals surface area contributed by atoms with Crippen LogP contribution < -0.4 is 0 Å². The molecule has 0 N–H and O–H groups in total. The van der Waals surface area contributed by atoms with Gasteiger partial charge >= 0.3 is 0 Å². The molecular formula is C8H15NO2. The molecule has 0 bridgehead atoms. The summed E-state index contributed by atoms with van der Waals surface area (Å²) in [7, 11) is 2.14. The van der Waals surface area contributed by atoms with Crippen LogP contribution in [0.15, 0.2) is 0 Å². The number of ether oxygens (including phenoxy) is 2. The van der Waals surface area contributed by atoms with E-state index in [0.717, 1.165) is 32.7 Å². The predicted molar refractivity (Wildman–Crippen MR) is 41.6 cm³/mol. The molecule has 2 fully saturated rings. The summed E-state index contributed by atoms with van der Waals surface area (Å²) in [5.41, 5.74) is 0. The Morgan fingerprint density at radius 2 is 2.18 bits per heavy atom. The molecule has 0 radical (unpaired) electrons.